The third-order valence-electron chi connectivity index (χ3n) is 2.14. The molecule has 0 radical (unpaired) electrons. The molecule has 0 aromatic carbocycles. The summed E-state index contributed by atoms with van der Waals surface area (Å²) in [7, 11) is -9.08. The minimum Gasteiger partial charge on any atom is -0.310 e. The zero-order valence-electron chi connectivity index (χ0n) is 9.88. The van der Waals surface area contributed by atoms with Gasteiger partial charge in [-0.15, -0.1) is 0 Å². The Morgan fingerprint density at radius 3 is 2.30 bits per heavy atom. The van der Waals surface area contributed by atoms with E-state index in [2.05, 4.69) is 9.02 Å². The molecule has 20 heavy (non-hydrogen) atoms. The Morgan fingerprint density at radius 1 is 1.35 bits per heavy atom. The summed E-state index contributed by atoms with van der Waals surface area (Å²) in [5, 5.41) is -2.38. The standard InChI is InChI=1S/C7H9NO10S2/c1-2-19(12,13)18-7(11)17-8-5(9)3-4(6(8)10)20(14,15)16/h4H,2-3H2,1H3,(H,14,15,16). The summed E-state index contributed by atoms with van der Waals surface area (Å²) in [6.45, 7) is 1.16. The quantitative estimate of drug-likeness (QED) is 0.361. The first-order chi connectivity index (χ1) is 8.98. The lowest BCUT2D eigenvalue weighted by molar-refractivity contribution is -0.174. The van der Waals surface area contributed by atoms with Gasteiger partial charge in [0.05, 0.1) is 12.2 Å². The zero-order valence-corrected chi connectivity index (χ0v) is 11.5. The molecule has 1 atom stereocenters. The Labute approximate surface area is 113 Å². The average Bonchev–Trinajstić information content (AvgIpc) is 2.56. The normalized spacial score (nSPS) is 20.1. The minimum absolute atomic E-state index is 0.272. The van der Waals surface area contributed by atoms with Crippen LogP contribution in [0.1, 0.15) is 13.3 Å². The van der Waals surface area contributed by atoms with Crippen LogP contribution in [0.4, 0.5) is 4.79 Å². The Bertz CT molecular complexity index is 647. The molecule has 114 valence electrons. The van der Waals surface area contributed by atoms with Gasteiger partial charge in [0.1, 0.15) is 0 Å². The Morgan fingerprint density at radius 2 is 1.90 bits per heavy atom. The third-order valence-corrected chi connectivity index (χ3v) is 4.32. The van der Waals surface area contributed by atoms with Gasteiger partial charge in [0.25, 0.3) is 21.9 Å². The number of amides is 2. The Kier molecular flexibility index (Phi) is 4.36. The predicted molar refractivity (Wildman–Crippen MR) is 58.8 cm³/mol. The molecule has 0 aromatic heterocycles. The monoisotopic (exact) mass is 331 g/mol. The fourth-order valence-electron chi connectivity index (χ4n) is 1.16. The van der Waals surface area contributed by atoms with Gasteiger partial charge >= 0.3 is 16.3 Å². The fourth-order valence-corrected chi connectivity index (χ4v) is 2.22. The molecule has 11 nitrogen and oxygen atoms in total. The first-order valence-electron chi connectivity index (χ1n) is 4.95. The number of rotatable bonds is 4. The van der Waals surface area contributed by atoms with Crippen LogP contribution in [0.15, 0.2) is 0 Å². The van der Waals surface area contributed by atoms with Crippen LogP contribution >= 0.6 is 0 Å². The molecule has 2 amide bonds. The number of nitrogens with zero attached hydrogens (tertiary/aromatic N) is 1. The summed E-state index contributed by atoms with van der Waals surface area (Å²) in [4.78, 5) is 37.7. The van der Waals surface area contributed by atoms with Gasteiger partial charge in [-0.2, -0.15) is 16.8 Å². The van der Waals surface area contributed by atoms with Crippen molar-refractivity contribution in [1.82, 2.24) is 5.06 Å². The molecule has 1 aliphatic heterocycles. The van der Waals surface area contributed by atoms with E-state index in [9.17, 15) is 31.2 Å². The highest BCUT2D eigenvalue weighted by Gasteiger charge is 2.48. The number of hydroxylamine groups is 2. The number of hydrogen-bond acceptors (Lipinski definition) is 9. The highest BCUT2D eigenvalue weighted by Crippen LogP contribution is 2.20. The van der Waals surface area contributed by atoms with Crippen molar-refractivity contribution in [2.24, 2.45) is 0 Å². The molecule has 0 aliphatic carbocycles. The van der Waals surface area contributed by atoms with Gasteiger partial charge in [-0.3, -0.25) is 19.0 Å². The van der Waals surface area contributed by atoms with Crippen LogP contribution in [-0.2, 0) is 38.8 Å². The highest BCUT2D eigenvalue weighted by molar-refractivity contribution is 7.87. The van der Waals surface area contributed by atoms with E-state index in [4.69, 9.17) is 4.55 Å². The maximum absolute atomic E-state index is 11.4. The maximum Gasteiger partial charge on any atom is 0.550 e. The van der Waals surface area contributed by atoms with E-state index in [-0.39, 0.29) is 5.06 Å². The van der Waals surface area contributed by atoms with Crippen molar-refractivity contribution in [3.63, 3.8) is 0 Å². The van der Waals surface area contributed by atoms with Gasteiger partial charge in [0.2, 0.25) is 0 Å². The number of hydrogen-bond donors (Lipinski definition) is 1. The summed E-state index contributed by atoms with van der Waals surface area (Å²) in [6.07, 6.45) is -2.84. The van der Waals surface area contributed by atoms with Gasteiger partial charge in [0, 0.05) is 0 Å². The van der Waals surface area contributed by atoms with E-state index in [1.807, 2.05) is 0 Å². The van der Waals surface area contributed by atoms with Crippen LogP contribution in [-0.4, -0.2) is 55.4 Å². The van der Waals surface area contributed by atoms with E-state index in [1.165, 1.54) is 0 Å². The van der Waals surface area contributed by atoms with Gasteiger partial charge < -0.3 is 4.18 Å². The molecule has 0 spiro atoms. The zero-order chi connectivity index (χ0) is 15.7. The largest absolute Gasteiger partial charge is 0.550 e. The minimum atomic E-state index is -4.86. The van der Waals surface area contributed by atoms with Crippen molar-refractivity contribution >= 4 is 38.2 Å². The molecule has 1 rings (SSSR count). The third kappa shape index (κ3) is 3.64. The molecule has 1 aliphatic rings. The summed E-state index contributed by atoms with van der Waals surface area (Å²) in [5.74, 6) is -3.34. The highest BCUT2D eigenvalue weighted by atomic mass is 32.2. The average molecular weight is 331 g/mol. The van der Waals surface area contributed by atoms with Gasteiger partial charge in [0.15, 0.2) is 5.25 Å². The lowest BCUT2D eigenvalue weighted by Crippen LogP contribution is -2.37. The van der Waals surface area contributed by atoms with Gasteiger partial charge in [-0.05, 0) is 6.92 Å². The lowest BCUT2D eigenvalue weighted by atomic mass is 10.4. The molecule has 1 unspecified atom stereocenters. The molecule has 13 heteroatoms. The van der Waals surface area contributed by atoms with E-state index in [0.29, 0.717) is 0 Å². The fraction of sp³-hybridized carbons (Fsp3) is 0.571. The second-order valence-electron chi connectivity index (χ2n) is 3.51. The summed E-state index contributed by atoms with van der Waals surface area (Å²) in [5.41, 5.74) is 0. The van der Waals surface area contributed by atoms with E-state index >= 15 is 0 Å². The molecular formula is C7H9NO10S2. The lowest BCUT2D eigenvalue weighted by Gasteiger charge is -2.12. The van der Waals surface area contributed by atoms with Crippen LogP contribution in [0, 0.1) is 0 Å². The molecule has 1 fully saturated rings. The smallest absolute Gasteiger partial charge is 0.310 e. The predicted octanol–water partition coefficient (Wildman–Crippen LogP) is -1.58. The molecule has 1 N–H and O–H groups in total. The second-order valence-corrected chi connectivity index (χ2v) is 6.96. The van der Waals surface area contributed by atoms with Crippen molar-refractivity contribution in [1.29, 1.82) is 0 Å². The summed E-state index contributed by atoms with van der Waals surface area (Å²) < 4.78 is 55.9. The first-order valence-corrected chi connectivity index (χ1v) is 8.03. The molecule has 0 bridgehead atoms. The van der Waals surface area contributed by atoms with E-state index in [1.54, 1.807) is 0 Å². The van der Waals surface area contributed by atoms with Crippen LogP contribution < -0.4 is 0 Å². The Balaban J connectivity index is 2.82. The van der Waals surface area contributed by atoms with E-state index < -0.39 is 55.6 Å². The summed E-state index contributed by atoms with van der Waals surface area (Å²) >= 11 is 0. The number of imide groups is 1. The molecule has 1 saturated heterocycles. The van der Waals surface area contributed by atoms with Crippen molar-refractivity contribution in [2.75, 3.05) is 5.75 Å². The van der Waals surface area contributed by atoms with Crippen LogP contribution in [0.5, 0.6) is 0 Å². The molecular weight excluding hydrogens is 322 g/mol. The van der Waals surface area contributed by atoms with Crippen molar-refractivity contribution in [3.8, 4) is 0 Å². The van der Waals surface area contributed by atoms with Gasteiger partial charge in [-0.25, -0.2) is 4.79 Å². The molecule has 0 saturated carbocycles. The molecule has 1 heterocycles. The van der Waals surface area contributed by atoms with Crippen molar-refractivity contribution in [2.45, 2.75) is 18.6 Å². The van der Waals surface area contributed by atoms with Crippen molar-refractivity contribution in [3.05, 3.63) is 0 Å². The topological polar surface area (TPSA) is 161 Å². The van der Waals surface area contributed by atoms with Gasteiger partial charge in [-0.1, -0.05) is 5.06 Å². The Hall–Kier alpha value is -1.73. The molecule has 0 aromatic rings. The van der Waals surface area contributed by atoms with Crippen LogP contribution in [0.25, 0.3) is 0 Å². The van der Waals surface area contributed by atoms with Crippen molar-refractivity contribution < 1.29 is 44.8 Å². The van der Waals surface area contributed by atoms with E-state index in [0.717, 1.165) is 6.92 Å². The maximum atomic E-state index is 11.4. The number of carbonyl (C=O) groups is 3. The van der Waals surface area contributed by atoms with Crippen LogP contribution in [0.2, 0.25) is 0 Å². The second kappa shape index (κ2) is 5.34. The van der Waals surface area contributed by atoms with Crippen LogP contribution in [0.3, 0.4) is 0 Å². The number of carbonyl (C=O) groups excluding carboxylic acids is 3. The SMILES string of the molecule is CCS(=O)(=O)OC(=O)ON1C(=O)CC(S(=O)(=O)O)C1=O. The summed E-state index contributed by atoms with van der Waals surface area (Å²) in [6, 6.07) is 0. The first kappa shape index (κ1) is 16.3.